The number of hydrogen-bond donors (Lipinski definition) is 1. The lowest BCUT2D eigenvalue weighted by molar-refractivity contribution is 0.643. The molecule has 1 aromatic carbocycles. The maximum atomic E-state index is 4.46. The van der Waals surface area contributed by atoms with E-state index in [-0.39, 0.29) is 0 Å². The minimum atomic E-state index is 0.614. The highest BCUT2D eigenvalue weighted by molar-refractivity contribution is 6.17. The van der Waals surface area contributed by atoms with Crippen LogP contribution in [-0.4, -0.2) is 45.3 Å². The van der Waals surface area contributed by atoms with E-state index in [2.05, 4.69) is 31.0 Å². The van der Waals surface area contributed by atoms with E-state index in [1.807, 2.05) is 43.4 Å². The average Bonchev–Trinajstić information content (AvgIpc) is 2.91. The number of pyridine rings is 1. The van der Waals surface area contributed by atoms with Crippen LogP contribution in [0.5, 0.6) is 0 Å². The first-order valence-corrected chi connectivity index (χ1v) is 6.95. The van der Waals surface area contributed by atoms with E-state index in [0.717, 1.165) is 27.2 Å². The normalized spacial score (nSPS) is 11.9. The van der Waals surface area contributed by atoms with E-state index in [0.29, 0.717) is 11.5 Å². The maximum absolute atomic E-state index is 4.46. The van der Waals surface area contributed by atoms with E-state index in [1.165, 1.54) is 6.33 Å². The summed E-state index contributed by atoms with van der Waals surface area (Å²) in [6.07, 6.45) is 5.07. The van der Waals surface area contributed by atoms with E-state index in [9.17, 15) is 0 Å². The smallest absolute Gasteiger partial charge is 0.168 e. The first kappa shape index (κ1) is 12.7. The number of hydrogen-bond acceptors (Lipinski definition) is 4. The van der Waals surface area contributed by atoms with Gasteiger partial charge in [-0.2, -0.15) is 0 Å². The molecule has 0 radical (unpaired) electrons. The minimum absolute atomic E-state index is 0.614. The van der Waals surface area contributed by atoms with Crippen molar-refractivity contribution in [2.24, 2.45) is 4.99 Å². The lowest BCUT2D eigenvalue weighted by Crippen LogP contribution is -2.07. The van der Waals surface area contributed by atoms with Crippen molar-refractivity contribution in [3.63, 3.8) is 0 Å². The highest BCUT2D eigenvalue weighted by atomic mass is 15.1. The molecule has 3 heterocycles. The van der Waals surface area contributed by atoms with Crippen LogP contribution in [0.25, 0.3) is 32.8 Å². The van der Waals surface area contributed by atoms with Crippen LogP contribution in [0.3, 0.4) is 0 Å². The molecule has 0 aliphatic carbocycles. The first-order chi connectivity index (χ1) is 10.7. The van der Waals surface area contributed by atoms with Crippen LogP contribution in [0.1, 0.15) is 0 Å². The standard InChI is InChI=1S/C16H14N6/c1-22(2)9-20-16-13-14-11(7-17-15(13)18-8-19-16)10-5-3-4-6-12(10)21-14/h3-9,21H,1-2H3. The van der Waals surface area contributed by atoms with Gasteiger partial charge in [-0.25, -0.2) is 19.9 Å². The third kappa shape index (κ3) is 1.88. The molecule has 22 heavy (non-hydrogen) atoms. The second kappa shape index (κ2) is 4.77. The predicted octanol–water partition coefficient (Wildman–Crippen LogP) is 2.88. The monoisotopic (exact) mass is 290 g/mol. The molecule has 1 N–H and O–H groups in total. The minimum Gasteiger partial charge on any atom is -0.369 e. The van der Waals surface area contributed by atoms with E-state index in [4.69, 9.17) is 0 Å². The zero-order valence-corrected chi connectivity index (χ0v) is 12.3. The van der Waals surface area contributed by atoms with Gasteiger partial charge in [0.25, 0.3) is 0 Å². The number of benzene rings is 1. The largest absolute Gasteiger partial charge is 0.369 e. The van der Waals surface area contributed by atoms with Crippen molar-refractivity contribution in [2.45, 2.75) is 0 Å². The number of aliphatic imine (C=N–C) groups is 1. The van der Waals surface area contributed by atoms with Crippen LogP contribution in [-0.2, 0) is 0 Å². The van der Waals surface area contributed by atoms with Crippen LogP contribution in [0.15, 0.2) is 41.8 Å². The van der Waals surface area contributed by atoms with Gasteiger partial charge in [0.05, 0.1) is 17.2 Å². The van der Waals surface area contributed by atoms with Crippen molar-refractivity contribution in [3.8, 4) is 0 Å². The summed E-state index contributed by atoms with van der Waals surface area (Å²) in [6, 6.07) is 8.16. The van der Waals surface area contributed by atoms with Crippen LogP contribution >= 0.6 is 0 Å². The average molecular weight is 290 g/mol. The first-order valence-electron chi connectivity index (χ1n) is 6.95. The molecule has 6 heteroatoms. The molecule has 0 saturated heterocycles. The highest BCUT2D eigenvalue weighted by Crippen LogP contribution is 2.32. The van der Waals surface area contributed by atoms with Crippen LogP contribution in [0.4, 0.5) is 5.82 Å². The summed E-state index contributed by atoms with van der Waals surface area (Å²) in [5, 5.41) is 3.03. The summed E-state index contributed by atoms with van der Waals surface area (Å²) in [7, 11) is 3.84. The Labute approximate surface area is 126 Å². The van der Waals surface area contributed by atoms with Gasteiger partial charge in [-0.1, -0.05) is 18.2 Å². The molecule has 6 nitrogen and oxygen atoms in total. The van der Waals surface area contributed by atoms with Gasteiger partial charge in [0.2, 0.25) is 0 Å². The number of aromatic nitrogens is 4. The third-order valence-electron chi connectivity index (χ3n) is 3.53. The van der Waals surface area contributed by atoms with Gasteiger partial charge in [-0.3, -0.25) is 0 Å². The fourth-order valence-electron chi connectivity index (χ4n) is 2.58. The topological polar surface area (TPSA) is 70.1 Å². The molecule has 0 amide bonds. The summed E-state index contributed by atoms with van der Waals surface area (Å²) in [5.74, 6) is 0.614. The molecule has 0 atom stereocenters. The lowest BCUT2D eigenvalue weighted by atomic mass is 10.1. The summed E-state index contributed by atoms with van der Waals surface area (Å²) in [5.41, 5.74) is 2.68. The van der Waals surface area contributed by atoms with Crippen molar-refractivity contribution in [3.05, 3.63) is 36.8 Å². The summed E-state index contributed by atoms with van der Waals surface area (Å²) in [4.78, 5) is 22.8. The number of para-hydroxylation sites is 1. The van der Waals surface area contributed by atoms with Gasteiger partial charge < -0.3 is 9.88 Å². The molecule has 0 spiro atoms. The molecule has 3 aromatic heterocycles. The van der Waals surface area contributed by atoms with Crippen molar-refractivity contribution >= 4 is 45.0 Å². The molecule has 0 aliphatic heterocycles. The Kier molecular flexibility index (Phi) is 2.75. The van der Waals surface area contributed by atoms with Gasteiger partial charge in [0.1, 0.15) is 6.33 Å². The Morgan fingerprint density at radius 3 is 2.82 bits per heavy atom. The van der Waals surface area contributed by atoms with Gasteiger partial charge in [-0.05, 0) is 6.07 Å². The van der Waals surface area contributed by atoms with E-state index in [1.54, 1.807) is 6.34 Å². The molecule has 0 aliphatic rings. The molecule has 108 valence electrons. The fraction of sp³-hybridized carbons (Fsp3) is 0.125. The predicted molar refractivity (Wildman–Crippen MR) is 88.5 cm³/mol. The molecular weight excluding hydrogens is 276 g/mol. The van der Waals surface area contributed by atoms with Crippen LogP contribution < -0.4 is 0 Å². The van der Waals surface area contributed by atoms with E-state index >= 15 is 0 Å². The van der Waals surface area contributed by atoms with Gasteiger partial charge in [0.15, 0.2) is 11.5 Å². The quantitative estimate of drug-likeness (QED) is 0.455. The second-order valence-corrected chi connectivity index (χ2v) is 5.32. The van der Waals surface area contributed by atoms with Gasteiger partial charge in [0, 0.05) is 36.6 Å². The van der Waals surface area contributed by atoms with Crippen molar-refractivity contribution in [1.29, 1.82) is 0 Å². The molecule has 0 unspecified atom stereocenters. The number of aromatic amines is 1. The zero-order valence-electron chi connectivity index (χ0n) is 12.3. The Hall–Kier alpha value is -3.02. The van der Waals surface area contributed by atoms with Crippen LogP contribution in [0.2, 0.25) is 0 Å². The number of rotatable bonds is 2. The zero-order chi connectivity index (χ0) is 15.1. The summed E-state index contributed by atoms with van der Waals surface area (Å²) >= 11 is 0. The number of nitrogens with zero attached hydrogens (tertiary/aromatic N) is 5. The van der Waals surface area contributed by atoms with Crippen molar-refractivity contribution < 1.29 is 0 Å². The molecular formula is C16H14N6. The molecule has 0 saturated carbocycles. The summed E-state index contributed by atoms with van der Waals surface area (Å²) in [6.45, 7) is 0. The van der Waals surface area contributed by atoms with E-state index < -0.39 is 0 Å². The molecule has 4 aromatic rings. The summed E-state index contributed by atoms with van der Waals surface area (Å²) < 4.78 is 0. The van der Waals surface area contributed by atoms with Gasteiger partial charge in [-0.15, -0.1) is 0 Å². The Balaban J connectivity index is 2.13. The SMILES string of the molecule is CN(C)C=Nc1ncnc2ncc3c4ccccc4[nH]c3c12. The number of nitrogens with one attached hydrogen (secondary N) is 1. The number of H-pyrrole nitrogens is 1. The fourth-order valence-corrected chi connectivity index (χ4v) is 2.58. The maximum Gasteiger partial charge on any atom is 0.168 e. The lowest BCUT2D eigenvalue weighted by Gasteiger charge is -2.04. The van der Waals surface area contributed by atoms with Crippen LogP contribution in [0, 0.1) is 0 Å². The molecule has 0 bridgehead atoms. The number of fused-ring (bicyclic) bond motifs is 5. The Morgan fingerprint density at radius 1 is 1.09 bits per heavy atom. The van der Waals surface area contributed by atoms with Gasteiger partial charge >= 0.3 is 0 Å². The highest BCUT2D eigenvalue weighted by Gasteiger charge is 2.12. The third-order valence-corrected chi connectivity index (χ3v) is 3.53. The second-order valence-electron chi connectivity index (χ2n) is 5.32. The Morgan fingerprint density at radius 2 is 1.95 bits per heavy atom. The van der Waals surface area contributed by atoms with Crippen molar-refractivity contribution in [2.75, 3.05) is 14.1 Å². The molecule has 0 fully saturated rings. The Bertz CT molecular complexity index is 1020. The molecule has 4 rings (SSSR count). The van der Waals surface area contributed by atoms with Crippen molar-refractivity contribution in [1.82, 2.24) is 24.8 Å².